The predicted molar refractivity (Wildman–Crippen MR) is 169 cm³/mol. The molecule has 0 saturated heterocycles. The monoisotopic (exact) mass is 534 g/mol. The van der Waals surface area contributed by atoms with Crippen LogP contribution in [-0.4, -0.2) is 31.6 Å². The van der Waals surface area contributed by atoms with Crippen molar-refractivity contribution in [2.75, 3.05) is 31.8 Å². The third-order valence-corrected chi connectivity index (χ3v) is 7.54. The number of hydrazine groups is 1. The van der Waals surface area contributed by atoms with Crippen molar-refractivity contribution in [2.45, 2.75) is 33.1 Å². The topological polar surface area (TPSA) is 67.8 Å². The van der Waals surface area contributed by atoms with E-state index in [2.05, 4.69) is 86.0 Å². The Bertz CT molecular complexity index is 1370. The van der Waals surface area contributed by atoms with Crippen LogP contribution in [0.3, 0.4) is 0 Å². The first-order valence-corrected chi connectivity index (χ1v) is 13.9. The highest BCUT2D eigenvalue weighted by Crippen LogP contribution is 2.26. The summed E-state index contributed by atoms with van der Waals surface area (Å²) in [5.41, 5.74) is 16.8. The number of hydrogen-bond acceptors (Lipinski definition) is 5. The highest BCUT2D eigenvalue weighted by molar-refractivity contribution is 5.64. The summed E-state index contributed by atoms with van der Waals surface area (Å²) >= 11 is 0. The maximum atomic E-state index is 6.82. The van der Waals surface area contributed by atoms with Crippen LogP contribution in [0.25, 0.3) is 11.1 Å². The molecule has 40 heavy (non-hydrogen) atoms. The van der Waals surface area contributed by atoms with Crippen molar-refractivity contribution in [1.82, 2.24) is 4.90 Å². The predicted octanol–water partition coefficient (Wildman–Crippen LogP) is 6.92. The van der Waals surface area contributed by atoms with E-state index in [1.54, 1.807) is 12.1 Å². The van der Waals surface area contributed by atoms with E-state index in [1.807, 2.05) is 30.3 Å². The van der Waals surface area contributed by atoms with Crippen LogP contribution < -0.4 is 21.3 Å². The zero-order chi connectivity index (χ0) is 28.5. The zero-order valence-electron chi connectivity index (χ0n) is 24.1. The summed E-state index contributed by atoms with van der Waals surface area (Å²) < 4.78 is 5.29. The third-order valence-electron chi connectivity index (χ3n) is 7.54. The normalized spacial score (nSPS) is 14.8. The van der Waals surface area contributed by atoms with Crippen molar-refractivity contribution in [2.24, 2.45) is 11.6 Å². The second-order valence-electron chi connectivity index (χ2n) is 10.3. The highest BCUT2D eigenvalue weighted by atomic mass is 16.5. The second kappa shape index (κ2) is 13.8. The van der Waals surface area contributed by atoms with Crippen LogP contribution in [0.15, 0.2) is 120 Å². The summed E-state index contributed by atoms with van der Waals surface area (Å²) in [4.78, 5) is 2.45. The summed E-state index contributed by atoms with van der Waals surface area (Å²) in [6, 6.07) is 25.0. The zero-order valence-corrected chi connectivity index (χ0v) is 24.1. The lowest BCUT2D eigenvalue weighted by molar-refractivity contribution is 0.292. The van der Waals surface area contributed by atoms with Crippen LogP contribution in [0.5, 0.6) is 5.75 Å². The van der Waals surface area contributed by atoms with Crippen LogP contribution >= 0.6 is 0 Å². The van der Waals surface area contributed by atoms with Gasteiger partial charge in [-0.25, -0.2) is 5.84 Å². The Balaban J connectivity index is 1.54. The quantitative estimate of drug-likeness (QED) is 0.206. The fraction of sp³-hybridized carbons (Fsp3) is 0.257. The Morgan fingerprint density at radius 3 is 2.23 bits per heavy atom. The molecule has 5 nitrogen and oxygen atoms in total. The van der Waals surface area contributed by atoms with Gasteiger partial charge in [0.05, 0.1) is 18.5 Å². The van der Waals surface area contributed by atoms with E-state index < -0.39 is 0 Å². The lowest BCUT2D eigenvalue weighted by Crippen LogP contribution is -2.36. The number of methoxy groups -OCH3 is 1. The number of ether oxygens (including phenoxy) is 1. The van der Waals surface area contributed by atoms with Gasteiger partial charge in [-0.2, -0.15) is 0 Å². The Morgan fingerprint density at radius 1 is 0.975 bits per heavy atom. The van der Waals surface area contributed by atoms with Gasteiger partial charge < -0.3 is 10.5 Å². The van der Waals surface area contributed by atoms with E-state index in [0.717, 1.165) is 72.0 Å². The van der Waals surface area contributed by atoms with Gasteiger partial charge in [0, 0.05) is 38.2 Å². The average Bonchev–Trinajstić information content (AvgIpc) is 2.99. The van der Waals surface area contributed by atoms with Crippen LogP contribution in [0, 0.1) is 6.92 Å². The van der Waals surface area contributed by atoms with Gasteiger partial charge in [-0.1, -0.05) is 78.9 Å². The van der Waals surface area contributed by atoms with E-state index in [4.69, 9.17) is 16.3 Å². The maximum absolute atomic E-state index is 6.82. The number of aryl methyl sites for hydroxylation is 1. The molecule has 0 unspecified atom stereocenters. The largest absolute Gasteiger partial charge is 0.497 e. The number of hydrogen-bond donors (Lipinski definition) is 2. The Hall–Kier alpha value is -4.06. The van der Waals surface area contributed by atoms with Gasteiger partial charge in [-0.15, -0.1) is 0 Å². The number of nitrogens with two attached hydrogens (primary N) is 2. The molecule has 1 heterocycles. The van der Waals surface area contributed by atoms with Crippen LogP contribution in [-0.2, 0) is 6.42 Å². The molecule has 208 valence electrons. The molecule has 0 atom stereocenters. The molecule has 0 aliphatic carbocycles. The van der Waals surface area contributed by atoms with Crippen molar-refractivity contribution in [1.29, 1.82) is 0 Å². The second-order valence-corrected chi connectivity index (χ2v) is 10.3. The molecule has 3 aromatic rings. The smallest absolute Gasteiger partial charge is 0.118 e. The highest BCUT2D eigenvalue weighted by Gasteiger charge is 2.18. The van der Waals surface area contributed by atoms with Crippen LogP contribution in [0.2, 0.25) is 0 Å². The van der Waals surface area contributed by atoms with Gasteiger partial charge in [-0.3, -0.25) is 9.91 Å². The van der Waals surface area contributed by atoms with E-state index in [1.165, 1.54) is 16.7 Å². The first kappa shape index (κ1) is 28.9. The minimum absolute atomic E-state index is 0.641. The van der Waals surface area contributed by atoms with Gasteiger partial charge in [0.1, 0.15) is 5.75 Å². The summed E-state index contributed by atoms with van der Waals surface area (Å²) in [5, 5.41) is 1.75. The molecule has 4 N–H and O–H groups in total. The maximum Gasteiger partial charge on any atom is 0.118 e. The lowest BCUT2D eigenvalue weighted by atomic mass is 9.99. The van der Waals surface area contributed by atoms with Crippen molar-refractivity contribution in [3.05, 3.63) is 131 Å². The third kappa shape index (κ3) is 7.32. The van der Waals surface area contributed by atoms with Crippen LogP contribution in [0.1, 0.15) is 30.9 Å². The van der Waals surface area contributed by atoms with E-state index in [-0.39, 0.29) is 0 Å². The molecule has 1 aliphatic heterocycles. The standard InChI is InChI=1S/C35H42N4O/c1-5-7-29-20-22-38(25-28(29)6-2)23-21-34(36)35(39(37)32-16-8-26(3)9-17-32)24-27-10-12-30(13-11-27)31-14-18-33(40-4)19-15-31/h5-19H,2,20-25,36-37H2,1,3-4H3/b7-5-,35-34-. The fourth-order valence-corrected chi connectivity index (χ4v) is 5.07. The number of nitrogens with zero attached hydrogens (tertiary/aromatic N) is 2. The number of allylic oxidation sites excluding steroid dienone is 3. The van der Waals surface area contributed by atoms with Crippen LogP contribution in [0.4, 0.5) is 5.69 Å². The van der Waals surface area contributed by atoms with Gasteiger partial charge in [0.15, 0.2) is 0 Å². The van der Waals surface area contributed by atoms with Gasteiger partial charge >= 0.3 is 0 Å². The van der Waals surface area contributed by atoms with E-state index >= 15 is 0 Å². The number of benzene rings is 3. The lowest BCUT2D eigenvalue weighted by Gasteiger charge is -2.30. The number of rotatable bonds is 11. The molecule has 0 aromatic heterocycles. The first-order valence-electron chi connectivity index (χ1n) is 13.9. The molecule has 0 saturated carbocycles. The van der Waals surface area contributed by atoms with Crippen molar-refractivity contribution >= 4 is 5.69 Å². The molecule has 4 rings (SSSR count). The van der Waals surface area contributed by atoms with Crippen molar-refractivity contribution in [3.8, 4) is 16.9 Å². The average molecular weight is 535 g/mol. The van der Waals surface area contributed by atoms with E-state index in [9.17, 15) is 0 Å². The molecule has 0 bridgehead atoms. The summed E-state index contributed by atoms with van der Waals surface area (Å²) in [6.45, 7) is 10.9. The SMILES string of the molecule is C=CC1=C(/C=C\C)CCN(CC/C(N)=C(\Cc2ccc(-c3ccc(OC)cc3)cc2)N(N)c2ccc(C)cc2)C1. The molecular weight excluding hydrogens is 492 g/mol. The molecule has 5 heteroatoms. The van der Waals surface area contributed by atoms with Gasteiger partial charge in [-0.05, 0) is 72.4 Å². The van der Waals surface area contributed by atoms with Gasteiger partial charge in [0.25, 0.3) is 0 Å². The molecule has 0 fully saturated rings. The summed E-state index contributed by atoms with van der Waals surface area (Å²) in [7, 11) is 1.68. The van der Waals surface area contributed by atoms with Crippen molar-refractivity contribution < 1.29 is 4.74 Å². The molecule has 0 spiro atoms. The Morgan fingerprint density at radius 2 is 1.62 bits per heavy atom. The minimum Gasteiger partial charge on any atom is -0.497 e. The molecule has 0 amide bonds. The molecule has 1 aliphatic rings. The fourth-order valence-electron chi connectivity index (χ4n) is 5.07. The Labute approximate surface area is 239 Å². The van der Waals surface area contributed by atoms with Gasteiger partial charge in [0.2, 0.25) is 0 Å². The minimum atomic E-state index is 0.641. The van der Waals surface area contributed by atoms with E-state index in [0.29, 0.717) is 6.42 Å². The molecule has 0 radical (unpaired) electrons. The summed E-state index contributed by atoms with van der Waals surface area (Å²) in [6.07, 6.45) is 8.70. The summed E-state index contributed by atoms with van der Waals surface area (Å²) in [5.74, 6) is 7.58. The first-order chi connectivity index (χ1) is 19.4. The van der Waals surface area contributed by atoms with Crippen molar-refractivity contribution in [3.63, 3.8) is 0 Å². The molecular formula is C35H42N4O. The number of anilines is 1. The Kier molecular flexibility index (Phi) is 10.0. The molecule has 3 aromatic carbocycles.